The number of carbonyl (C=O) groups is 1. The molecule has 7 heteroatoms. The molecule has 0 atom stereocenters. The Morgan fingerprint density at radius 3 is 2.50 bits per heavy atom. The van der Waals surface area contributed by atoms with Gasteiger partial charge in [-0.25, -0.2) is 9.37 Å². The van der Waals surface area contributed by atoms with Gasteiger partial charge in [0.25, 0.3) is 5.91 Å². The number of benzene rings is 2. The summed E-state index contributed by atoms with van der Waals surface area (Å²) >= 11 is 0. The van der Waals surface area contributed by atoms with E-state index in [1.165, 1.54) is 12.1 Å². The second-order valence-corrected chi connectivity index (χ2v) is 8.28. The van der Waals surface area contributed by atoms with Gasteiger partial charge in [0.05, 0.1) is 7.11 Å². The van der Waals surface area contributed by atoms with Crippen LogP contribution in [0.4, 0.5) is 4.39 Å². The Labute approximate surface area is 187 Å². The van der Waals surface area contributed by atoms with Crippen molar-refractivity contribution in [3.63, 3.8) is 0 Å². The van der Waals surface area contributed by atoms with Crippen molar-refractivity contribution in [2.24, 2.45) is 0 Å². The number of aromatic nitrogens is 2. The van der Waals surface area contributed by atoms with Gasteiger partial charge in [0.15, 0.2) is 0 Å². The minimum atomic E-state index is -0.263. The largest absolute Gasteiger partial charge is 0.497 e. The fourth-order valence-electron chi connectivity index (χ4n) is 4.05. The topological polar surface area (TPSA) is 70.2 Å². The Kier molecular flexibility index (Phi) is 6.85. The summed E-state index contributed by atoms with van der Waals surface area (Å²) < 4.78 is 18.4. The molecular weight excluding hydrogens is 407 g/mol. The summed E-state index contributed by atoms with van der Waals surface area (Å²) in [6.07, 6.45) is 2.65. The lowest BCUT2D eigenvalue weighted by molar-refractivity contribution is 0.0950. The number of H-pyrrole nitrogens is 1. The van der Waals surface area contributed by atoms with Gasteiger partial charge >= 0.3 is 0 Å². The summed E-state index contributed by atoms with van der Waals surface area (Å²) in [4.78, 5) is 23.6. The summed E-state index contributed by atoms with van der Waals surface area (Å²) in [5.74, 6) is 1.48. The van der Waals surface area contributed by atoms with Crippen molar-refractivity contribution in [3.05, 3.63) is 71.4 Å². The monoisotopic (exact) mass is 436 g/mol. The van der Waals surface area contributed by atoms with E-state index in [1.807, 2.05) is 24.3 Å². The number of piperidine rings is 1. The van der Waals surface area contributed by atoms with E-state index in [-0.39, 0.29) is 11.7 Å². The molecule has 0 radical (unpaired) electrons. The van der Waals surface area contributed by atoms with Crippen molar-refractivity contribution >= 4 is 5.91 Å². The molecule has 1 aromatic heterocycles. The van der Waals surface area contributed by atoms with Crippen LogP contribution in [0.2, 0.25) is 0 Å². The molecule has 0 aliphatic carbocycles. The average Bonchev–Trinajstić information content (AvgIpc) is 3.26. The van der Waals surface area contributed by atoms with Crippen molar-refractivity contribution in [1.29, 1.82) is 0 Å². The molecule has 2 N–H and O–H groups in total. The van der Waals surface area contributed by atoms with Crippen LogP contribution < -0.4 is 10.1 Å². The van der Waals surface area contributed by atoms with E-state index in [1.54, 1.807) is 19.2 Å². The second kappa shape index (κ2) is 9.96. The first-order valence-corrected chi connectivity index (χ1v) is 11.0. The van der Waals surface area contributed by atoms with Gasteiger partial charge in [0.2, 0.25) is 0 Å². The quantitative estimate of drug-likeness (QED) is 0.587. The van der Waals surface area contributed by atoms with Crippen LogP contribution in [-0.2, 0) is 6.42 Å². The average molecular weight is 437 g/mol. The van der Waals surface area contributed by atoms with E-state index >= 15 is 0 Å². The standard InChI is InChI=1S/C25H29FN4O2/c1-30-15-12-19(13-16-30)24-28-22(18-5-9-21(32-2)10-6-18)23(29-24)25(31)27-14-11-17-3-7-20(26)8-4-17/h3-10,19H,11-16H2,1-2H3,(H,27,31)(H,28,29). The van der Waals surface area contributed by atoms with Gasteiger partial charge in [-0.3, -0.25) is 4.79 Å². The maximum absolute atomic E-state index is 13.1. The zero-order valence-corrected chi connectivity index (χ0v) is 18.5. The maximum Gasteiger partial charge on any atom is 0.270 e. The third-order valence-corrected chi connectivity index (χ3v) is 6.03. The fraction of sp³-hybridized carbons (Fsp3) is 0.360. The highest BCUT2D eigenvalue weighted by molar-refractivity contribution is 5.98. The lowest BCUT2D eigenvalue weighted by Gasteiger charge is -2.27. The summed E-state index contributed by atoms with van der Waals surface area (Å²) in [5.41, 5.74) is 2.97. The molecule has 0 saturated carbocycles. The molecule has 6 nitrogen and oxygen atoms in total. The Morgan fingerprint density at radius 1 is 1.16 bits per heavy atom. The molecular formula is C25H29FN4O2. The van der Waals surface area contributed by atoms with Gasteiger partial charge in [-0.15, -0.1) is 0 Å². The van der Waals surface area contributed by atoms with Crippen molar-refractivity contribution in [2.45, 2.75) is 25.2 Å². The molecule has 1 saturated heterocycles. The van der Waals surface area contributed by atoms with Crippen LogP contribution in [0.25, 0.3) is 11.3 Å². The lowest BCUT2D eigenvalue weighted by Crippen LogP contribution is -2.29. The van der Waals surface area contributed by atoms with Crippen molar-refractivity contribution in [1.82, 2.24) is 20.2 Å². The molecule has 4 rings (SSSR count). The summed E-state index contributed by atoms with van der Waals surface area (Å²) in [5, 5.41) is 2.98. The third kappa shape index (κ3) is 5.16. The molecule has 1 aliphatic heterocycles. The third-order valence-electron chi connectivity index (χ3n) is 6.03. The molecule has 168 valence electrons. The predicted octanol–water partition coefficient (Wildman–Crippen LogP) is 4.01. The van der Waals surface area contributed by atoms with E-state index in [4.69, 9.17) is 9.72 Å². The molecule has 0 bridgehead atoms. The number of nitrogens with one attached hydrogen (secondary N) is 2. The first-order valence-electron chi connectivity index (χ1n) is 11.0. The number of halogens is 1. The van der Waals surface area contributed by atoms with Crippen LogP contribution in [0.5, 0.6) is 5.75 Å². The Balaban J connectivity index is 1.53. The highest BCUT2D eigenvalue weighted by atomic mass is 19.1. The number of hydrogen-bond acceptors (Lipinski definition) is 4. The maximum atomic E-state index is 13.1. The number of carbonyl (C=O) groups excluding carboxylic acids is 1. The minimum absolute atomic E-state index is 0.190. The van der Waals surface area contributed by atoms with Crippen LogP contribution in [0.3, 0.4) is 0 Å². The zero-order valence-electron chi connectivity index (χ0n) is 18.5. The molecule has 32 heavy (non-hydrogen) atoms. The molecule has 2 heterocycles. The van der Waals surface area contributed by atoms with Crippen LogP contribution in [0.1, 0.15) is 40.6 Å². The normalized spacial score (nSPS) is 15.0. The highest BCUT2D eigenvalue weighted by Gasteiger charge is 2.25. The summed E-state index contributed by atoms with van der Waals surface area (Å²) in [6, 6.07) is 13.9. The van der Waals surface area contributed by atoms with Gasteiger partial charge in [0.1, 0.15) is 28.8 Å². The second-order valence-electron chi connectivity index (χ2n) is 8.28. The molecule has 1 fully saturated rings. The van der Waals surface area contributed by atoms with Gasteiger partial charge in [-0.1, -0.05) is 12.1 Å². The van der Waals surface area contributed by atoms with Crippen LogP contribution in [-0.4, -0.2) is 54.6 Å². The molecule has 1 aliphatic rings. The summed E-state index contributed by atoms with van der Waals surface area (Å²) in [7, 11) is 3.75. The number of hydrogen-bond donors (Lipinski definition) is 2. The van der Waals surface area contributed by atoms with Gasteiger partial charge in [0, 0.05) is 18.0 Å². The number of nitrogens with zero attached hydrogens (tertiary/aromatic N) is 2. The van der Waals surface area contributed by atoms with Crippen molar-refractivity contribution in [3.8, 4) is 17.0 Å². The number of rotatable bonds is 7. The summed E-state index contributed by atoms with van der Waals surface area (Å²) in [6.45, 7) is 2.49. The van der Waals surface area contributed by atoms with E-state index < -0.39 is 0 Å². The number of aromatic amines is 1. The Hall–Kier alpha value is -3.19. The number of likely N-dealkylation sites (tertiary alicyclic amines) is 1. The Bertz CT molecular complexity index is 1040. The van der Waals surface area contributed by atoms with E-state index in [9.17, 15) is 9.18 Å². The fourth-order valence-corrected chi connectivity index (χ4v) is 4.05. The van der Waals surface area contributed by atoms with Crippen LogP contribution in [0.15, 0.2) is 48.5 Å². The van der Waals surface area contributed by atoms with Crippen LogP contribution >= 0.6 is 0 Å². The predicted molar refractivity (Wildman–Crippen MR) is 122 cm³/mol. The number of methoxy groups -OCH3 is 1. The van der Waals surface area contributed by atoms with Gasteiger partial charge < -0.3 is 19.9 Å². The number of imidazole rings is 1. The molecule has 2 aromatic carbocycles. The smallest absolute Gasteiger partial charge is 0.270 e. The molecule has 0 unspecified atom stereocenters. The first-order chi connectivity index (χ1) is 15.5. The number of ether oxygens (including phenoxy) is 1. The minimum Gasteiger partial charge on any atom is -0.497 e. The zero-order chi connectivity index (χ0) is 22.5. The molecule has 3 aromatic rings. The molecule has 1 amide bonds. The van der Waals surface area contributed by atoms with E-state index in [2.05, 4.69) is 22.2 Å². The number of amides is 1. The van der Waals surface area contributed by atoms with E-state index in [0.29, 0.717) is 30.3 Å². The Morgan fingerprint density at radius 2 is 1.84 bits per heavy atom. The molecule has 0 spiro atoms. The highest BCUT2D eigenvalue weighted by Crippen LogP contribution is 2.30. The van der Waals surface area contributed by atoms with Crippen molar-refractivity contribution < 1.29 is 13.9 Å². The van der Waals surface area contributed by atoms with Crippen molar-refractivity contribution in [2.75, 3.05) is 33.8 Å². The van der Waals surface area contributed by atoms with Crippen LogP contribution in [0, 0.1) is 5.82 Å². The van der Waals surface area contributed by atoms with Gasteiger partial charge in [-0.05, 0) is 81.4 Å². The SMILES string of the molecule is COc1ccc(-c2nc(C3CCN(C)CC3)[nH]c2C(=O)NCCc2ccc(F)cc2)cc1. The lowest BCUT2D eigenvalue weighted by atomic mass is 9.96. The first kappa shape index (κ1) is 22.0. The van der Waals surface area contributed by atoms with E-state index in [0.717, 1.165) is 48.6 Å². The van der Waals surface area contributed by atoms with Gasteiger partial charge in [-0.2, -0.15) is 0 Å².